The molecule has 2 rings (SSSR count). The Kier molecular flexibility index (Phi) is 7.36. The lowest BCUT2D eigenvalue weighted by Gasteiger charge is -2.50. The summed E-state index contributed by atoms with van der Waals surface area (Å²) in [6.07, 6.45) is -3.25. The average Bonchev–Trinajstić information content (AvgIpc) is 2.63. The number of ether oxygens (including phenoxy) is 4. The van der Waals surface area contributed by atoms with Crippen LogP contribution in [0.5, 0.6) is 0 Å². The summed E-state index contributed by atoms with van der Waals surface area (Å²) in [5, 5.41) is 1.19. The maximum atomic E-state index is 12.8. The highest BCUT2D eigenvalue weighted by Gasteiger charge is 2.54. The van der Waals surface area contributed by atoms with Crippen LogP contribution in [0.3, 0.4) is 0 Å². The second kappa shape index (κ2) is 9.35. The summed E-state index contributed by atoms with van der Waals surface area (Å²) in [7, 11) is 3.03. The van der Waals surface area contributed by atoms with E-state index >= 15 is 0 Å². The summed E-state index contributed by atoms with van der Waals surface area (Å²) < 4.78 is 20.0. The molecule has 12 heteroatoms. The van der Waals surface area contributed by atoms with Crippen LogP contribution in [0.15, 0.2) is 11.0 Å². The Morgan fingerprint density at radius 1 is 1.21 bits per heavy atom. The van der Waals surface area contributed by atoms with Crippen LogP contribution in [-0.4, -0.2) is 84.5 Å². The lowest BCUT2D eigenvalue weighted by Crippen LogP contribution is -2.72. The summed E-state index contributed by atoms with van der Waals surface area (Å²) in [6, 6.07) is -1.89. The molecule has 162 valence electrons. The number of carbonyl (C=O) groups is 4. The minimum absolute atomic E-state index is 0.222. The van der Waals surface area contributed by atoms with Crippen LogP contribution in [0.25, 0.3) is 0 Å². The van der Waals surface area contributed by atoms with Gasteiger partial charge in [-0.1, -0.05) is 0 Å². The van der Waals surface area contributed by atoms with E-state index in [0.29, 0.717) is 5.57 Å². The van der Waals surface area contributed by atoms with Gasteiger partial charge in [0.1, 0.15) is 18.0 Å². The molecule has 1 saturated heterocycles. The number of nitrogens with two attached hydrogens (primary N) is 1. The van der Waals surface area contributed by atoms with Crippen LogP contribution in [0.2, 0.25) is 0 Å². The van der Waals surface area contributed by atoms with E-state index in [1.807, 2.05) is 0 Å². The molecule has 0 aromatic heterocycles. The van der Waals surface area contributed by atoms with Crippen LogP contribution in [0, 0.1) is 0 Å². The van der Waals surface area contributed by atoms with Crippen molar-refractivity contribution in [2.24, 2.45) is 5.73 Å². The van der Waals surface area contributed by atoms with Crippen molar-refractivity contribution in [3.63, 3.8) is 0 Å². The Hall–Kier alpha value is -2.47. The van der Waals surface area contributed by atoms with Crippen molar-refractivity contribution in [3.8, 4) is 0 Å². The van der Waals surface area contributed by atoms with Crippen molar-refractivity contribution in [3.05, 3.63) is 11.0 Å². The first-order valence-electron chi connectivity index (χ1n) is 8.87. The molecular weight excluding hydrogens is 406 g/mol. The van der Waals surface area contributed by atoms with Gasteiger partial charge in [0.05, 0.1) is 6.10 Å². The Morgan fingerprint density at radius 2 is 1.86 bits per heavy atom. The van der Waals surface area contributed by atoms with E-state index in [1.54, 1.807) is 19.3 Å². The third kappa shape index (κ3) is 5.32. The molecule has 0 bridgehead atoms. The van der Waals surface area contributed by atoms with Gasteiger partial charge in [-0.3, -0.25) is 4.79 Å². The predicted octanol–water partition coefficient (Wildman–Crippen LogP) is 0.630. The van der Waals surface area contributed by atoms with Gasteiger partial charge in [0, 0.05) is 26.6 Å². The molecule has 2 heterocycles. The number of carbonyl (C=O) groups excluding carboxylic acids is 4. The number of thioether (sulfide) groups is 1. The summed E-state index contributed by atoms with van der Waals surface area (Å²) in [5.41, 5.74) is 6.14. The molecule has 2 N–H and O–H groups in total. The quantitative estimate of drug-likeness (QED) is 0.276. The van der Waals surface area contributed by atoms with Crippen molar-refractivity contribution in [1.29, 1.82) is 0 Å². The summed E-state index contributed by atoms with van der Waals surface area (Å²) in [4.78, 5) is 50.7. The zero-order valence-electron chi connectivity index (χ0n) is 16.8. The molecule has 2 aliphatic rings. The van der Waals surface area contributed by atoms with Crippen LogP contribution in [0.4, 0.5) is 9.59 Å². The largest absolute Gasteiger partial charge is 0.511 e. The van der Waals surface area contributed by atoms with E-state index in [-0.39, 0.29) is 6.61 Å². The molecule has 0 spiro atoms. The van der Waals surface area contributed by atoms with Crippen LogP contribution < -0.4 is 5.73 Å². The third-order valence-corrected chi connectivity index (χ3v) is 5.17. The Labute approximate surface area is 172 Å². The SMILES string of the molecule is CC(C)OC(=O)OC(C)OC(=O)C1C(COC(=O)N(C)C)=CS[C@@H]2[C@H](N)C(=O)N12. The molecule has 11 nitrogen and oxygen atoms in total. The first-order valence-corrected chi connectivity index (χ1v) is 9.81. The lowest BCUT2D eigenvalue weighted by molar-refractivity contribution is -0.179. The van der Waals surface area contributed by atoms with E-state index in [2.05, 4.69) is 0 Å². The van der Waals surface area contributed by atoms with Gasteiger partial charge in [0.2, 0.25) is 12.2 Å². The van der Waals surface area contributed by atoms with E-state index in [0.717, 1.165) is 0 Å². The highest BCUT2D eigenvalue weighted by molar-refractivity contribution is 8.02. The maximum Gasteiger partial charge on any atom is 0.511 e. The Balaban J connectivity index is 2.09. The van der Waals surface area contributed by atoms with Gasteiger partial charge < -0.3 is 34.5 Å². The number of nitrogens with zero attached hydrogens (tertiary/aromatic N) is 2. The third-order valence-electron chi connectivity index (χ3n) is 3.94. The minimum Gasteiger partial charge on any atom is -0.445 e. The Morgan fingerprint density at radius 3 is 2.45 bits per heavy atom. The van der Waals surface area contributed by atoms with Crippen LogP contribution >= 0.6 is 11.8 Å². The molecule has 4 atom stereocenters. The zero-order chi connectivity index (χ0) is 21.9. The van der Waals surface area contributed by atoms with Gasteiger partial charge in [-0.2, -0.15) is 0 Å². The van der Waals surface area contributed by atoms with E-state index in [4.69, 9.17) is 24.7 Å². The average molecular weight is 431 g/mol. The molecule has 0 aliphatic carbocycles. The zero-order valence-corrected chi connectivity index (χ0v) is 17.6. The van der Waals surface area contributed by atoms with Crippen LogP contribution in [0.1, 0.15) is 20.8 Å². The standard InChI is InChI=1S/C17H25N3O8S/c1-8(2)26-17(24)28-9(3)27-15(22)12-10(6-25-16(23)19(4)5)7-29-14-11(18)13(21)20(12)14/h7-9,11-12,14H,6,18H2,1-5H3/t9?,11-,12?,14-/m1/s1. The van der Waals surface area contributed by atoms with Gasteiger partial charge in [0.15, 0.2) is 6.04 Å². The summed E-state index contributed by atoms with van der Waals surface area (Å²) >= 11 is 1.25. The second-order valence-electron chi connectivity index (χ2n) is 6.88. The number of amides is 2. The highest BCUT2D eigenvalue weighted by Crippen LogP contribution is 2.39. The molecule has 1 fully saturated rings. The van der Waals surface area contributed by atoms with E-state index < -0.39 is 54.0 Å². The number of hydrogen-bond acceptors (Lipinski definition) is 10. The monoisotopic (exact) mass is 431 g/mol. The van der Waals surface area contributed by atoms with Gasteiger partial charge in [-0.05, 0) is 19.3 Å². The predicted molar refractivity (Wildman–Crippen MR) is 101 cm³/mol. The fourth-order valence-electron chi connectivity index (χ4n) is 2.59. The smallest absolute Gasteiger partial charge is 0.445 e. The topological polar surface area (TPSA) is 138 Å². The first-order chi connectivity index (χ1) is 13.5. The maximum absolute atomic E-state index is 12.8. The summed E-state index contributed by atoms with van der Waals surface area (Å²) in [6.45, 7) is 4.40. The van der Waals surface area contributed by atoms with E-state index in [1.165, 1.54) is 42.6 Å². The number of β-lactam (4-membered cyclic amide) rings is 1. The molecule has 29 heavy (non-hydrogen) atoms. The summed E-state index contributed by atoms with van der Waals surface area (Å²) in [5.74, 6) is -1.27. The van der Waals surface area contributed by atoms with Gasteiger partial charge in [0.25, 0.3) is 0 Å². The van der Waals surface area contributed by atoms with Crippen LogP contribution in [-0.2, 0) is 28.5 Å². The number of rotatable bonds is 6. The number of fused-ring (bicyclic) bond motifs is 1. The fourth-order valence-corrected chi connectivity index (χ4v) is 3.75. The molecule has 0 saturated carbocycles. The van der Waals surface area contributed by atoms with Gasteiger partial charge in [-0.15, -0.1) is 11.8 Å². The normalized spacial score (nSPS) is 24.0. The molecule has 0 aromatic rings. The van der Waals surface area contributed by atoms with Crippen molar-refractivity contribution in [1.82, 2.24) is 9.80 Å². The number of esters is 1. The van der Waals surface area contributed by atoms with Crippen molar-refractivity contribution in [2.75, 3.05) is 20.7 Å². The fraction of sp³-hybridized carbons (Fsp3) is 0.647. The van der Waals surface area contributed by atoms with Crippen molar-refractivity contribution in [2.45, 2.75) is 50.6 Å². The first kappa shape index (κ1) is 22.8. The highest BCUT2D eigenvalue weighted by atomic mass is 32.2. The molecule has 2 unspecified atom stereocenters. The van der Waals surface area contributed by atoms with E-state index in [9.17, 15) is 19.2 Å². The Bertz CT molecular complexity index is 711. The molecule has 0 radical (unpaired) electrons. The molecular formula is C17H25N3O8S. The number of hydrogen-bond donors (Lipinski definition) is 1. The molecule has 0 aromatic carbocycles. The lowest BCUT2D eigenvalue weighted by atomic mass is 9.99. The molecule has 2 aliphatic heterocycles. The second-order valence-corrected chi connectivity index (χ2v) is 7.87. The van der Waals surface area contributed by atoms with Crippen molar-refractivity contribution >= 4 is 35.9 Å². The van der Waals surface area contributed by atoms with Gasteiger partial charge in [-0.25, -0.2) is 14.4 Å². The van der Waals surface area contributed by atoms with Crippen molar-refractivity contribution < 1.29 is 38.1 Å². The minimum atomic E-state index is -1.25. The molecule has 2 amide bonds. The van der Waals surface area contributed by atoms with Gasteiger partial charge >= 0.3 is 18.2 Å².